The molecule has 0 aliphatic heterocycles. The topological polar surface area (TPSA) is 103 Å². The molecule has 0 unspecified atom stereocenters. The third-order valence-corrected chi connectivity index (χ3v) is 8.31. The summed E-state index contributed by atoms with van der Waals surface area (Å²) in [5, 5.41) is 14.5. The van der Waals surface area contributed by atoms with E-state index in [1.807, 2.05) is 37.3 Å². The number of halogens is 2. The molecule has 1 aromatic heterocycles. The molecule has 4 aromatic rings. The number of hydrogen-bond donors (Lipinski definition) is 1. The molecule has 1 heterocycles. The first kappa shape index (κ1) is 29.2. The van der Waals surface area contributed by atoms with Gasteiger partial charge in [0.05, 0.1) is 32.9 Å². The minimum absolute atomic E-state index is 0.177. The van der Waals surface area contributed by atoms with Crippen LogP contribution in [0.1, 0.15) is 72.3 Å². The second-order valence-electron chi connectivity index (χ2n) is 9.89. The second-order valence-corrected chi connectivity index (χ2v) is 12.0. The van der Waals surface area contributed by atoms with Crippen LogP contribution in [0.15, 0.2) is 69.0 Å². The number of rotatable bonds is 9. The van der Waals surface area contributed by atoms with Crippen LogP contribution in [0.3, 0.4) is 0 Å². The maximum Gasteiger partial charge on any atom is 0.335 e. The molecule has 1 N–H and O–H groups in total. The number of carbonyl (C=O) groups is 1. The van der Waals surface area contributed by atoms with E-state index in [0.29, 0.717) is 34.8 Å². The summed E-state index contributed by atoms with van der Waals surface area (Å²) in [5.41, 5.74) is 2.16. The predicted molar refractivity (Wildman–Crippen MR) is 171 cm³/mol. The SMILES string of the molecule is CCOc1cc(C=Nn2c(C3CCCCC3)nc3ccc(Br)cc3c2=O)cc(I)c1OCc1cccc(C(=O)O)c1. The normalized spacial score (nSPS) is 14.0. The Labute approximate surface area is 259 Å². The first-order chi connectivity index (χ1) is 19.8. The Kier molecular flexibility index (Phi) is 9.39. The van der Waals surface area contributed by atoms with Gasteiger partial charge in [-0.2, -0.15) is 9.78 Å². The molecule has 0 spiro atoms. The summed E-state index contributed by atoms with van der Waals surface area (Å²) in [4.78, 5) is 29.9. The lowest BCUT2D eigenvalue weighted by Gasteiger charge is -2.22. The summed E-state index contributed by atoms with van der Waals surface area (Å²) in [7, 11) is 0. The minimum Gasteiger partial charge on any atom is -0.490 e. The summed E-state index contributed by atoms with van der Waals surface area (Å²) in [6, 6.07) is 15.9. The van der Waals surface area contributed by atoms with Gasteiger partial charge in [0.25, 0.3) is 5.56 Å². The van der Waals surface area contributed by atoms with E-state index < -0.39 is 5.97 Å². The van der Waals surface area contributed by atoms with Crippen molar-refractivity contribution >= 4 is 61.6 Å². The molecule has 41 heavy (non-hydrogen) atoms. The molecule has 3 aromatic carbocycles. The zero-order valence-corrected chi connectivity index (χ0v) is 26.2. The molecule has 1 aliphatic carbocycles. The van der Waals surface area contributed by atoms with Crippen LogP contribution in [0.5, 0.6) is 11.5 Å². The molecule has 1 saturated carbocycles. The first-order valence-corrected chi connectivity index (χ1v) is 15.4. The van der Waals surface area contributed by atoms with Crippen molar-refractivity contribution in [2.24, 2.45) is 5.10 Å². The van der Waals surface area contributed by atoms with Crippen molar-refractivity contribution in [3.8, 4) is 11.5 Å². The summed E-state index contributed by atoms with van der Waals surface area (Å²) in [5.74, 6) is 0.985. The van der Waals surface area contributed by atoms with Gasteiger partial charge in [0, 0.05) is 10.4 Å². The van der Waals surface area contributed by atoms with E-state index in [1.165, 1.54) is 11.1 Å². The number of nitrogens with zero attached hydrogens (tertiary/aromatic N) is 3. The molecule has 10 heteroatoms. The van der Waals surface area contributed by atoms with Gasteiger partial charge in [-0.25, -0.2) is 9.78 Å². The fraction of sp³-hybridized carbons (Fsp3) is 0.290. The highest BCUT2D eigenvalue weighted by atomic mass is 127. The van der Waals surface area contributed by atoms with Crippen molar-refractivity contribution in [3.63, 3.8) is 0 Å². The molecule has 1 fully saturated rings. The van der Waals surface area contributed by atoms with E-state index in [-0.39, 0.29) is 23.6 Å². The van der Waals surface area contributed by atoms with E-state index in [9.17, 15) is 14.7 Å². The molecule has 212 valence electrons. The smallest absolute Gasteiger partial charge is 0.335 e. The minimum atomic E-state index is -0.986. The van der Waals surface area contributed by atoms with E-state index in [2.05, 4.69) is 43.6 Å². The van der Waals surface area contributed by atoms with Crippen molar-refractivity contribution in [2.75, 3.05) is 6.61 Å². The number of hydrogen-bond acceptors (Lipinski definition) is 6. The standard InChI is InChI=1S/C31H29BrIN3O5/c1-2-40-27-15-20(14-25(33)28(27)41-18-19-7-6-10-22(13-19)31(38)39)17-34-36-29(21-8-4-3-5-9-21)35-26-12-11-23(32)16-24(26)30(36)37/h6-7,10-17,21H,2-5,8-9,18H2,1H3,(H,38,39). The number of carboxylic acid groups (broad SMARTS) is 1. The monoisotopic (exact) mass is 729 g/mol. The lowest BCUT2D eigenvalue weighted by atomic mass is 9.88. The lowest BCUT2D eigenvalue weighted by molar-refractivity contribution is 0.0696. The Morgan fingerprint density at radius 1 is 1.15 bits per heavy atom. The number of carboxylic acids is 1. The molecular weight excluding hydrogens is 701 g/mol. The Morgan fingerprint density at radius 3 is 2.71 bits per heavy atom. The van der Waals surface area contributed by atoms with Gasteiger partial charge < -0.3 is 14.6 Å². The maximum absolute atomic E-state index is 13.6. The summed E-state index contributed by atoms with van der Waals surface area (Å²) >= 11 is 5.65. The third kappa shape index (κ3) is 6.81. The number of aromatic nitrogens is 2. The van der Waals surface area contributed by atoms with Crippen LogP contribution in [-0.4, -0.2) is 33.6 Å². The van der Waals surface area contributed by atoms with E-state index in [0.717, 1.165) is 44.9 Å². The summed E-state index contributed by atoms with van der Waals surface area (Å²) < 4.78 is 15.1. The molecule has 0 atom stereocenters. The van der Waals surface area contributed by atoms with Crippen LogP contribution >= 0.6 is 38.5 Å². The molecular formula is C31H29BrIN3O5. The highest BCUT2D eigenvalue weighted by Crippen LogP contribution is 2.35. The number of fused-ring (bicyclic) bond motifs is 1. The van der Waals surface area contributed by atoms with Crippen LogP contribution < -0.4 is 15.0 Å². The first-order valence-electron chi connectivity index (χ1n) is 13.5. The van der Waals surface area contributed by atoms with Crippen LogP contribution in [0.25, 0.3) is 10.9 Å². The fourth-order valence-electron chi connectivity index (χ4n) is 5.04. The fourth-order valence-corrected chi connectivity index (χ4v) is 6.18. The van der Waals surface area contributed by atoms with Crippen LogP contribution in [0.4, 0.5) is 0 Å². The van der Waals surface area contributed by atoms with Gasteiger partial charge in [-0.3, -0.25) is 4.79 Å². The van der Waals surface area contributed by atoms with E-state index >= 15 is 0 Å². The van der Waals surface area contributed by atoms with Crippen LogP contribution in [0.2, 0.25) is 0 Å². The van der Waals surface area contributed by atoms with Gasteiger partial charge >= 0.3 is 5.97 Å². The van der Waals surface area contributed by atoms with Gasteiger partial charge in [-0.1, -0.05) is 47.3 Å². The third-order valence-electron chi connectivity index (χ3n) is 7.01. The van der Waals surface area contributed by atoms with Crippen molar-refractivity contribution in [1.29, 1.82) is 0 Å². The summed E-state index contributed by atoms with van der Waals surface area (Å²) in [6.07, 6.45) is 7.05. The van der Waals surface area contributed by atoms with Crippen LogP contribution in [-0.2, 0) is 6.61 Å². The van der Waals surface area contributed by atoms with Crippen molar-refractivity contribution < 1.29 is 19.4 Å². The number of ether oxygens (including phenoxy) is 2. The Hall–Kier alpha value is -3.25. The second kappa shape index (κ2) is 13.2. The summed E-state index contributed by atoms with van der Waals surface area (Å²) in [6.45, 7) is 2.50. The highest BCUT2D eigenvalue weighted by molar-refractivity contribution is 14.1. The molecule has 0 saturated heterocycles. The molecule has 0 amide bonds. The van der Waals surface area contributed by atoms with Gasteiger partial charge in [0.1, 0.15) is 12.4 Å². The Morgan fingerprint density at radius 2 is 1.95 bits per heavy atom. The predicted octanol–water partition coefficient (Wildman–Crippen LogP) is 7.37. The van der Waals surface area contributed by atoms with E-state index in [4.69, 9.17) is 14.5 Å². The van der Waals surface area contributed by atoms with Crippen molar-refractivity contribution in [3.05, 3.63) is 95.5 Å². The Bertz CT molecular complexity index is 1680. The molecule has 5 rings (SSSR count). The van der Waals surface area contributed by atoms with E-state index in [1.54, 1.807) is 30.5 Å². The largest absolute Gasteiger partial charge is 0.490 e. The van der Waals surface area contributed by atoms with Crippen LogP contribution in [0, 0.1) is 3.57 Å². The molecule has 0 radical (unpaired) electrons. The molecule has 1 aliphatic rings. The molecule has 0 bridgehead atoms. The molecule has 8 nitrogen and oxygen atoms in total. The Balaban J connectivity index is 1.49. The van der Waals surface area contributed by atoms with Gasteiger partial charge in [-0.05, 0) is 95.9 Å². The average molecular weight is 730 g/mol. The quantitative estimate of drug-likeness (QED) is 0.143. The lowest BCUT2D eigenvalue weighted by Crippen LogP contribution is -2.25. The highest BCUT2D eigenvalue weighted by Gasteiger charge is 2.23. The van der Waals surface area contributed by atoms with Gasteiger partial charge in [0.2, 0.25) is 0 Å². The number of benzene rings is 3. The van der Waals surface area contributed by atoms with Crippen molar-refractivity contribution in [1.82, 2.24) is 9.66 Å². The van der Waals surface area contributed by atoms with Gasteiger partial charge in [-0.15, -0.1) is 0 Å². The maximum atomic E-state index is 13.6. The zero-order chi connectivity index (χ0) is 28.9. The number of aromatic carboxylic acids is 1. The zero-order valence-electron chi connectivity index (χ0n) is 22.5. The average Bonchev–Trinajstić information content (AvgIpc) is 2.97. The van der Waals surface area contributed by atoms with Crippen molar-refractivity contribution in [2.45, 2.75) is 51.6 Å². The van der Waals surface area contributed by atoms with Gasteiger partial charge in [0.15, 0.2) is 11.5 Å².